The fourth-order valence-corrected chi connectivity index (χ4v) is 5.58. The van der Waals surface area contributed by atoms with E-state index in [-0.39, 0.29) is 10.8 Å². The van der Waals surface area contributed by atoms with Gasteiger partial charge in [-0.2, -0.15) is 0 Å². The second-order valence-corrected chi connectivity index (χ2v) is 11.3. The summed E-state index contributed by atoms with van der Waals surface area (Å²) in [6, 6.07) is 10.2. The van der Waals surface area contributed by atoms with Gasteiger partial charge in [-0.3, -0.25) is 14.6 Å². The number of benzene rings is 2. The van der Waals surface area contributed by atoms with Gasteiger partial charge in [-0.25, -0.2) is 13.4 Å². The van der Waals surface area contributed by atoms with Gasteiger partial charge in [-0.05, 0) is 42.0 Å². The first kappa shape index (κ1) is 26.1. The smallest absolute Gasteiger partial charge is 0.252 e. The largest absolute Gasteiger partial charge is 0.493 e. The number of ether oxygens (including phenoxy) is 3. The van der Waals surface area contributed by atoms with E-state index in [9.17, 15) is 13.2 Å². The lowest BCUT2D eigenvalue weighted by Crippen LogP contribution is -2.42. The summed E-state index contributed by atoms with van der Waals surface area (Å²) >= 11 is 1.30. The number of carbonyl (C=O) groups excluding carboxylic acids is 1. The van der Waals surface area contributed by atoms with Crippen LogP contribution in [0.2, 0.25) is 0 Å². The lowest BCUT2D eigenvalue weighted by atomic mass is 10.2. The second kappa shape index (κ2) is 11.4. The van der Waals surface area contributed by atoms with Gasteiger partial charge in [-0.1, -0.05) is 17.4 Å². The van der Waals surface area contributed by atoms with Crippen molar-refractivity contribution in [1.29, 1.82) is 0 Å². The van der Waals surface area contributed by atoms with Gasteiger partial charge in [-0.15, -0.1) is 0 Å². The minimum absolute atomic E-state index is 0.222. The van der Waals surface area contributed by atoms with Crippen molar-refractivity contribution in [3.8, 4) is 11.5 Å². The Morgan fingerprint density at radius 1 is 1.14 bits per heavy atom. The second-order valence-electron chi connectivity index (χ2n) is 8.29. The number of anilines is 1. The number of carbonyl (C=O) groups is 1. The Bertz CT molecular complexity index is 1360. The monoisotopic (exact) mass is 531 g/mol. The van der Waals surface area contributed by atoms with Gasteiger partial charge in [0, 0.05) is 38.5 Å². The summed E-state index contributed by atoms with van der Waals surface area (Å²) in [6.07, 6.45) is 4.41. The molecule has 0 spiro atoms. The Balaban J connectivity index is 1.61. The molecule has 4 rings (SSSR count). The Morgan fingerprint density at radius 3 is 2.58 bits per heavy atom. The Hall–Kier alpha value is -2.99. The molecule has 0 saturated carbocycles. The number of rotatable bonds is 9. The average molecular weight is 532 g/mol. The quantitative estimate of drug-likeness (QED) is 0.389. The minimum atomic E-state index is -3.35. The van der Waals surface area contributed by atoms with Gasteiger partial charge >= 0.3 is 0 Å². The summed E-state index contributed by atoms with van der Waals surface area (Å²) in [5.74, 6) is 0.959. The van der Waals surface area contributed by atoms with E-state index in [2.05, 4.69) is 9.88 Å². The van der Waals surface area contributed by atoms with E-state index in [0.717, 1.165) is 18.7 Å². The molecule has 11 heteroatoms. The van der Waals surface area contributed by atoms with Crippen LogP contribution in [-0.4, -0.2) is 84.1 Å². The zero-order valence-electron chi connectivity index (χ0n) is 20.5. The Morgan fingerprint density at radius 2 is 1.89 bits per heavy atom. The molecule has 1 saturated heterocycles. The summed E-state index contributed by atoms with van der Waals surface area (Å²) in [5.41, 5.74) is 1.44. The van der Waals surface area contributed by atoms with Crippen molar-refractivity contribution in [2.75, 3.05) is 64.8 Å². The zero-order chi connectivity index (χ0) is 25.7. The van der Waals surface area contributed by atoms with Crippen molar-refractivity contribution in [1.82, 2.24) is 9.88 Å². The molecule has 0 unspecified atom stereocenters. The van der Waals surface area contributed by atoms with Gasteiger partial charge in [0.05, 0.1) is 42.5 Å². The molecule has 192 valence electrons. The molecule has 0 radical (unpaired) electrons. The molecular weight excluding hydrogens is 502 g/mol. The number of amides is 1. The Labute approximate surface area is 214 Å². The number of morpholine rings is 1. The number of hydrogen-bond acceptors (Lipinski definition) is 9. The van der Waals surface area contributed by atoms with Crippen molar-refractivity contribution in [2.45, 2.75) is 4.90 Å². The highest BCUT2D eigenvalue weighted by molar-refractivity contribution is 7.90. The maximum atomic E-state index is 13.4. The van der Waals surface area contributed by atoms with Crippen molar-refractivity contribution < 1.29 is 27.4 Å². The molecule has 0 aliphatic carbocycles. The van der Waals surface area contributed by atoms with Gasteiger partial charge in [0.25, 0.3) is 5.91 Å². The van der Waals surface area contributed by atoms with Crippen molar-refractivity contribution >= 4 is 48.5 Å². The van der Waals surface area contributed by atoms with E-state index in [1.807, 2.05) is 6.07 Å². The fourth-order valence-electron chi connectivity index (χ4n) is 3.82. The molecule has 9 nitrogen and oxygen atoms in total. The van der Waals surface area contributed by atoms with Crippen LogP contribution in [0.1, 0.15) is 5.56 Å². The number of methoxy groups -OCH3 is 2. The highest BCUT2D eigenvalue weighted by Crippen LogP contribution is 2.31. The summed E-state index contributed by atoms with van der Waals surface area (Å²) < 4.78 is 40.7. The maximum Gasteiger partial charge on any atom is 0.252 e. The molecule has 0 N–H and O–H groups in total. The summed E-state index contributed by atoms with van der Waals surface area (Å²) in [4.78, 5) is 22.1. The number of thiazole rings is 1. The molecule has 36 heavy (non-hydrogen) atoms. The molecule has 2 aromatic carbocycles. The summed E-state index contributed by atoms with van der Waals surface area (Å²) in [5, 5.41) is 0.519. The van der Waals surface area contributed by atoms with Gasteiger partial charge < -0.3 is 14.2 Å². The number of nitrogens with zero attached hydrogens (tertiary/aromatic N) is 3. The predicted molar refractivity (Wildman–Crippen MR) is 141 cm³/mol. The molecule has 2 heterocycles. The van der Waals surface area contributed by atoms with Gasteiger partial charge in [0.2, 0.25) is 0 Å². The minimum Gasteiger partial charge on any atom is -0.493 e. The first-order valence-electron chi connectivity index (χ1n) is 11.4. The third-order valence-corrected chi connectivity index (χ3v) is 7.99. The topological polar surface area (TPSA) is 98.3 Å². The zero-order valence-corrected chi connectivity index (χ0v) is 22.1. The lowest BCUT2D eigenvalue weighted by molar-refractivity contribution is -0.114. The Kier molecular flexibility index (Phi) is 8.24. The molecule has 0 atom stereocenters. The fraction of sp³-hybridized carbons (Fsp3) is 0.360. The molecule has 1 aliphatic heterocycles. The number of sulfone groups is 1. The third kappa shape index (κ3) is 6.22. The maximum absolute atomic E-state index is 13.4. The lowest BCUT2D eigenvalue weighted by Gasteiger charge is -2.28. The van der Waals surface area contributed by atoms with Crippen molar-refractivity contribution in [2.24, 2.45) is 0 Å². The first-order valence-corrected chi connectivity index (χ1v) is 14.1. The summed E-state index contributed by atoms with van der Waals surface area (Å²) in [7, 11) is -0.216. The van der Waals surface area contributed by atoms with Crippen LogP contribution < -0.4 is 14.4 Å². The van der Waals surface area contributed by atoms with Crippen LogP contribution in [0.25, 0.3) is 16.3 Å². The summed E-state index contributed by atoms with van der Waals surface area (Å²) in [6.45, 7) is 4.06. The van der Waals surface area contributed by atoms with Gasteiger partial charge in [0.1, 0.15) is 0 Å². The number of aromatic nitrogens is 1. The normalized spacial score (nSPS) is 14.9. The van der Waals surface area contributed by atoms with E-state index in [1.165, 1.54) is 29.7 Å². The van der Waals surface area contributed by atoms with Crippen LogP contribution in [0.4, 0.5) is 5.13 Å². The van der Waals surface area contributed by atoms with Crippen LogP contribution in [0.5, 0.6) is 11.5 Å². The molecule has 1 aromatic heterocycles. The van der Waals surface area contributed by atoms with Crippen LogP contribution in [0.3, 0.4) is 0 Å². The van der Waals surface area contributed by atoms with Crippen LogP contribution in [-0.2, 0) is 19.4 Å². The van der Waals surface area contributed by atoms with E-state index >= 15 is 0 Å². The first-order chi connectivity index (χ1) is 17.3. The molecular formula is C25H29N3O6S2. The van der Waals surface area contributed by atoms with Crippen LogP contribution in [0.15, 0.2) is 47.4 Å². The SMILES string of the molecule is COc1ccc(C=CC(=O)N(CCN2CCOCC2)c2nc3ccc(S(C)(=O)=O)cc3s2)cc1OC. The molecule has 3 aromatic rings. The van der Waals surface area contributed by atoms with E-state index in [1.54, 1.807) is 49.5 Å². The average Bonchev–Trinajstić information content (AvgIpc) is 3.30. The van der Waals surface area contributed by atoms with Crippen molar-refractivity contribution in [3.63, 3.8) is 0 Å². The highest BCUT2D eigenvalue weighted by Gasteiger charge is 2.21. The molecule has 0 bridgehead atoms. The van der Waals surface area contributed by atoms with E-state index in [4.69, 9.17) is 14.2 Å². The van der Waals surface area contributed by atoms with E-state index in [0.29, 0.717) is 53.2 Å². The van der Waals surface area contributed by atoms with Crippen LogP contribution >= 0.6 is 11.3 Å². The number of hydrogen-bond donors (Lipinski definition) is 0. The molecule has 1 amide bonds. The van der Waals surface area contributed by atoms with Crippen LogP contribution in [0, 0.1) is 0 Å². The van der Waals surface area contributed by atoms with Gasteiger partial charge in [0.15, 0.2) is 26.5 Å². The predicted octanol–water partition coefficient (Wildman–Crippen LogP) is 3.10. The third-order valence-electron chi connectivity index (χ3n) is 5.84. The number of fused-ring (bicyclic) bond motifs is 1. The van der Waals surface area contributed by atoms with Crippen molar-refractivity contribution in [3.05, 3.63) is 48.0 Å². The molecule has 1 fully saturated rings. The molecule has 1 aliphatic rings. The standard InChI is InChI=1S/C25H29N3O6S2/c1-32-21-8-4-18(16-22(21)33-2)5-9-24(29)28(11-10-27-12-14-34-15-13-27)25-26-20-7-6-19(36(3,30)31)17-23(20)35-25/h4-9,16-17H,10-15H2,1-3H3. The highest BCUT2D eigenvalue weighted by atomic mass is 32.2. The van der Waals surface area contributed by atoms with E-state index < -0.39 is 9.84 Å².